The van der Waals surface area contributed by atoms with Crippen LogP contribution in [0.2, 0.25) is 0 Å². The zero-order valence-corrected chi connectivity index (χ0v) is 18.5. The van der Waals surface area contributed by atoms with Crippen LogP contribution in [0.4, 0.5) is 17.1 Å². The number of anilines is 2. The second-order valence-electron chi connectivity index (χ2n) is 7.44. The van der Waals surface area contributed by atoms with Gasteiger partial charge in [-0.3, -0.25) is 19.6 Å². The molecule has 1 aliphatic rings. The van der Waals surface area contributed by atoms with E-state index < -0.39 is 27.5 Å². The number of benzene rings is 3. The number of amides is 1. The van der Waals surface area contributed by atoms with Crippen LogP contribution in [0.3, 0.4) is 0 Å². The number of nitrogens with one attached hydrogen (secondary N) is 1. The number of nitro benzene ring substituents is 1. The van der Waals surface area contributed by atoms with Crippen molar-refractivity contribution in [3.8, 4) is 0 Å². The number of ether oxygens (including phenoxy) is 1. The average molecular weight is 481 g/mol. The minimum Gasteiger partial charge on any atom is -0.452 e. The molecule has 0 spiro atoms. The molecule has 174 valence electrons. The number of rotatable bonds is 7. The first-order valence-electron chi connectivity index (χ1n) is 10.2. The standard InChI is InChI=1S/C23H19N3O7S/c27-22(25-13-12-16-4-1-2-7-21(16)25)15-33-23(28)17-5-3-6-20(14-17)34(31,32)24-18-8-10-19(11-9-18)26(29)30/h1-11,14,24H,12-13,15H2. The monoisotopic (exact) mass is 481 g/mol. The molecule has 0 aromatic heterocycles. The van der Waals surface area contributed by atoms with Gasteiger partial charge in [-0.15, -0.1) is 0 Å². The third-order valence-corrected chi connectivity index (χ3v) is 6.60. The lowest BCUT2D eigenvalue weighted by molar-refractivity contribution is -0.384. The van der Waals surface area contributed by atoms with Crippen molar-refractivity contribution in [2.45, 2.75) is 11.3 Å². The van der Waals surface area contributed by atoms with E-state index >= 15 is 0 Å². The Labute approximate surface area is 195 Å². The number of esters is 1. The first-order valence-corrected chi connectivity index (χ1v) is 11.7. The van der Waals surface area contributed by atoms with Crippen molar-refractivity contribution in [1.82, 2.24) is 0 Å². The van der Waals surface area contributed by atoms with Gasteiger partial charge >= 0.3 is 5.97 Å². The second-order valence-corrected chi connectivity index (χ2v) is 9.12. The van der Waals surface area contributed by atoms with Crippen molar-refractivity contribution in [3.05, 3.63) is 94.0 Å². The lowest BCUT2D eigenvalue weighted by Gasteiger charge is -2.17. The van der Waals surface area contributed by atoms with Crippen molar-refractivity contribution in [2.75, 3.05) is 22.8 Å². The molecule has 0 fully saturated rings. The molecule has 1 aliphatic heterocycles. The van der Waals surface area contributed by atoms with E-state index in [0.29, 0.717) is 6.54 Å². The van der Waals surface area contributed by atoms with Crippen molar-refractivity contribution < 1.29 is 27.7 Å². The summed E-state index contributed by atoms with van der Waals surface area (Å²) in [5.74, 6) is -1.21. The smallest absolute Gasteiger partial charge is 0.338 e. The Kier molecular flexibility index (Phi) is 6.28. The number of sulfonamides is 1. The van der Waals surface area contributed by atoms with E-state index in [1.807, 2.05) is 24.3 Å². The van der Waals surface area contributed by atoms with Gasteiger partial charge < -0.3 is 9.64 Å². The van der Waals surface area contributed by atoms with Crippen LogP contribution in [0.5, 0.6) is 0 Å². The molecule has 1 N–H and O–H groups in total. The fraction of sp³-hybridized carbons (Fsp3) is 0.130. The molecule has 4 rings (SSSR count). The minimum absolute atomic E-state index is 0.0406. The van der Waals surface area contributed by atoms with Gasteiger partial charge in [-0.2, -0.15) is 0 Å². The molecule has 1 heterocycles. The maximum Gasteiger partial charge on any atom is 0.338 e. The Bertz CT molecular complexity index is 1370. The Morgan fingerprint density at radius 1 is 1.03 bits per heavy atom. The number of nitrogens with zero attached hydrogens (tertiary/aromatic N) is 2. The van der Waals surface area contributed by atoms with E-state index in [9.17, 15) is 28.1 Å². The second kappa shape index (κ2) is 9.32. The van der Waals surface area contributed by atoms with Crippen LogP contribution in [0.25, 0.3) is 0 Å². The van der Waals surface area contributed by atoms with Crippen LogP contribution in [0.15, 0.2) is 77.7 Å². The highest BCUT2D eigenvalue weighted by Crippen LogP contribution is 2.27. The molecule has 11 heteroatoms. The summed E-state index contributed by atoms with van der Waals surface area (Å²) >= 11 is 0. The molecule has 0 radical (unpaired) electrons. The summed E-state index contributed by atoms with van der Waals surface area (Å²) in [5.41, 5.74) is 1.73. The van der Waals surface area contributed by atoms with Crippen LogP contribution in [0.1, 0.15) is 15.9 Å². The van der Waals surface area contributed by atoms with Crippen LogP contribution in [-0.2, 0) is 26.0 Å². The summed E-state index contributed by atoms with van der Waals surface area (Å²) in [5, 5.41) is 10.7. The van der Waals surface area contributed by atoms with Crippen molar-refractivity contribution in [2.24, 2.45) is 0 Å². The van der Waals surface area contributed by atoms with Gasteiger partial charge in [-0.1, -0.05) is 24.3 Å². The number of para-hydroxylation sites is 1. The molecule has 0 atom stereocenters. The van der Waals surface area contributed by atoms with Crippen molar-refractivity contribution in [1.29, 1.82) is 0 Å². The fourth-order valence-electron chi connectivity index (χ4n) is 3.54. The summed E-state index contributed by atoms with van der Waals surface area (Å²) in [6.45, 7) is 0.0168. The minimum atomic E-state index is -4.08. The van der Waals surface area contributed by atoms with Gasteiger partial charge in [0.05, 0.1) is 15.4 Å². The highest BCUT2D eigenvalue weighted by atomic mass is 32.2. The summed E-state index contributed by atoms with van der Waals surface area (Å²) in [4.78, 5) is 36.5. The summed E-state index contributed by atoms with van der Waals surface area (Å²) in [7, 11) is -4.08. The van der Waals surface area contributed by atoms with Gasteiger partial charge in [0.15, 0.2) is 6.61 Å². The van der Waals surface area contributed by atoms with Gasteiger partial charge in [-0.05, 0) is 48.4 Å². The zero-order chi connectivity index (χ0) is 24.3. The molecular weight excluding hydrogens is 462 g/mol. The molecule has 0 saturated heterocycles. The zero-order valence-electron chi connectivity index (χ0n) is 17.7. The number of non-ortho nitro benzene ring substituents is 1. The fourth-order valence-corrected chi connectivity index (χ4v) is 4.65. The molecule has 1 amide bonds. The van der Waals surface area contributed by atoms with E-state index in [2.05, 4.69) is 4.72 Å². The highest BCUT2D eigenvalue weighted by molar-refractivity contribution is 7.92. The Hall–Kier alpha value is -4.25. The lowest BCUT2D eigenvalue weighted by Crippen LogP contribution is -2.33. The molecule has 0 saturated carbocycles. The van der Waals surface area contributed by atoms with Crippen LogP contribution in [-0.4, -0.2) is 38.4 Å². The molecule has 3 aromatic carbocycles. The van der Waals surface area contributed by atoms with Gasteiger partial charge in [-0.25, -0.2) is 13.2 Å². The Morgan fingerprint density at radius 3 is 2.50 bits per heavy atom. The van der Waals surface area contributed by atoms with Crippen LogP contribution in [0, 0.1) is 10.1 Å². The van der Waals surface area contributed by atoms with E-state index in [1.54, 1.807) is 4.90 Å². The first kappa shape index (κ1) is 22.9. The number of fused-ring (bicyclic) bond motifs is 1. The number of hydrogen-bond acceptors (Lipinski definition) is 7. The van der Waals surface area contributed by atoms with Gasteiger partial charge in [0.1, 0.15) is 0 Å². The SMILES string of the molecule is O=C(OCC(=O)N1CCc2ccccc21)c1cccc(S(=O)(=O)Nc2ccc([N+](=O)[O-])cc2)c1. The number of hydrogen-bond donors (Lipinski definition) is 1. The van der Waals surface area contributed by atoms with Crippen molar-refractivity contribution in [3.63, 3.8) is 0 Å². The molecule has 3 aromatic rings. The maximum absolute atomic E-state index is 12.7. The van der Waals surface area contributed by atoms with Gasteiger partial charge in [0, 0.05) is 30.1 Å². The molecular formula is C23H19N3O7S. The van der Waals surface area contributed by atoms with E-state index in [-0.39, 0.29) is 27.7 Å². The van der Waals surface area contributed by atoms with Gasteiger partial charge in [0.25, 0.3) is 21.6 Å². The summed E-state index contributed by atoms with van der Waals surface area (Å²) in [6, 6.07) is 17.5. The van der Waals surface area contributed by atoms with Crippen molar-refractivity contribution >= 4 is 39.0 Å². The molecule has 0 unspecified atom stereocenters. The summed E-state index contributed by atoms with van der Waals surface area (Å²) < 4.78 is 32.8. The normalized spacial score (nSPS) is 12.6. The molecule has 34 heavy (non-hydrogen) atoms. The first-order chi connectivity index (χ1) is 16.2. The third kappa shape index (κ3) is 4.89. The molecule has 10 nitrogen and oxygen atoms in total. The topological polar surface area (TPSA) is 136 Å². The number of carbonyl (C=O) groups excluding carboxylic acids is 2. The van der Waals surface area contributed by atoms with E-state index in [4.69, 9.17) is 4.74 Å². The number of carbonyl (C=O) groups is 2. The number of nitro groups is 1. The Balaban J connectivity index is 1.41. The molecule has 0 aliphatic carbocycles. The van der Waals surface area contributed by atoms with E-state index in [1.165, 1.54) is 42.5 Å². The van der Waals surface area contributed by atoms with E-state index in [0.717, 1.165) is 23.7 Å². The predicted octanol–water partition coefficient (Wildman–Crippen LogP) is 3.14. The lowest BCUT2D eigenvalue weighted by atomic mass is 10.2. The highest BCUT2D eigenvalue weighted by Gasteiger charge is 2.25. The molecule has 0 bridgehead atoms. The predicted molar refractivity (Wildman–Crippen MR) is 123 cm³/mol. The maximum atomic E-state index is 12.7. The average Bonchev–Trinajstić information content (AvgIpc) is 3.27. The van der Waals surface area contributed by atoms with Crippen LogP contribution >= 0.6 is 0 Å². The Morgan fingerprint density at radius 2 is 1.76 bits per heavy atom. The van der Waals surface area contributed by atoms with Crippen LogP contribution < -0.4 is 9.62 Å². The summed E-state index contributed by atoms with van der Waals surface area (Å²) in [6.07, 6.45) is 0.720. The quantitative estimate of drug-likeness (QED) is 0.311. The third-order valence-electron chi connectivity index (χ3n) is 5.23. The van der Waals surface area contributed by atoms with Gasteiger partial charge in [0.2, 0.25) is 0 Å². The largest absolute Gasteiger partial charge is 0.452 e.